The SMILES string of the molecule is OC(Cc1c(F)cccc1F)c1cc(Cl)cs1. The van der Waals surface area contributed by atoms with Gasteiger partial charge in [0.1, 0.15) is 11.6 Å². The van der Waals surface area contributed by atoms with Gasteiger partial charge in [-0.3, -0.25) is 0 Å². The molecule has 1 atom stereocenters. The number of rotatable bonds is 3. The van der Waals surface area contributed by atoms with Crippen molar-refractivity contribution in [3.8, 4) is 0 Å². The van der Waals surface area contributed by atoms with Gasteiger partial charge in [0.15, 0.2) is 0 Å². The lowest BCUT2D eigenvalue weighted by molar-refractivity contribution is 0.179. The van der Waals surface area contributed by atoms with Gasteiger partial charge in [0.2, 0.25) is 0 Å². The topological polar surface area (TPSA) is 20.2 Å². The van der Waals surface area contributed by atoms with Gasteiger partial charge < -0.3 is 5.11 Å². The molecule has 0 bridgehead atoms. The van der Waals surface area contributed by atoms with E-state index >= 15 is 0 Å². The Kier molecular flexibility index (Phi) is 3.76. The van der Waals surface area contributed by atoms with Crippen LogP contribution >= 0.6 is 22.9 Å². The maximum atomic E-state index is 13.4. The molecular weight excluding hydrogens is 266 g/mol. The van der Waals surface area contributed by atoms with E-state index in [2.05, 4.69) is 0 Å². The Bertz CT molecular complexity index is 507. The fourth-order valence-corrected chi connectivity index (χ4v) is 2.59. The summed E-state index contributed by atoms with van der Waals surface area (Å²) in [6.45, 7) is 0. The molecule has 2 aromatic rings. The molecule has 0 aliphatic heterocycles. The van der Waals surface area contributed by atoms with E-state index in [-0.39, 0.29) is 12.0 Å². The maximum Gasteiger partial charge on any atom is 0.129 e. The van der Waals surface area contributed by atoms with Gasteiger partial charge in [-0.05, 0) is 18.2 Å². The third-order valence-corrected chi connectivity index (χ3v) is 3.76. The first-order valence-corrected chi connectivity index (χ1v) is 6.18. The molecule has 0 saturated heterocycles. The molecule has 2 rings (SSSR count). The van der Waals surface area contributed by atoms with Crippen molar-refractivity contribution >= 4 is 22.9 Å². The first-order chi connectivity index (χ1) is 8.08. The van der Waals surface area contributed by atoms with Gasteiger partial charge in [0, 0.05) is 22.2 Å². The van der Waals surface area contributed by atoms with Crippen LogP contribution in [0.4, 0.5) is 8.78 Å². The van der Waals surface area contributed by atoms with Crippen LogP contribution in [0.2, 0.25) is 5.02 Å². The zero-order valence-electron chi connectivity index (χ0n) is 8.66. The van der Waals surface area contributed by atoms with Gasteiger partial charge in [-0.1, -0.05) is 17.7 Å². The summed E-state index contributed by atoms with van der Waals surface area (Å²) < 4.78 is 26.7. The Balaban J connectivity index is 2.21. The highest BCUT2D eigenvalue weighted by Gasteiger charge is 2.16. The van der Waals surface area contributed by atoms with Crippen molar-refractivity contribution in [2.45, 2.75) is 12.5 Å². The number of hydrogen-bond donors (Lipinski definition) is 1. The van der Waals surface area contributed by atoms with E-state index in [0.717, 1.165) is 0 Å². The molecule has 0 aliphatic carbocycles. The van der Waals surface area contributed by atoms with Crippen molar-refractivity contribution in [2.75, 3.05) is 0 Å². The highest BCUT2D eigenvalue weighted by Crippen LogP contribution is 2.28. The van der Waals surface area contributed by atoms with Crippen LogP contribution in [0.5, 0.6) is 0 Å². The van der Waals surface area contributed by atoms with Crippen molar-refractivity contribution in [3.63, 3.8) is 0 Å². The molecule has 0 spiro atoms. The molecule has 1 aromatic heterocycles. The average molecular weight is 275 g/mol. The lowest BCUT2D eigenvalue weighted by Gasteiger charge is -2.10. The Hall–Kier alpha value is -0.970. The standard InChI is InChI=1S/C12H9ClF2OS/c13-7-4-12(17-6-7)11(16)5-8-9(14)2-1-3-10(8)15/h1-4,6,11,16H,5H2. The van der Waals surface area contributed by atoms with E-state index in [1.54, 1.807) is 11.4 Å². The highest BCUT2D eigenvalue weighted by atomic mass is 35.5. The van der Waals surface area contributed by atoms with E-state index in [1.807, 2.05) is 0 Å². The Labute approximate surface area is 106 Å². The summed E-state index contributed by atoms with van der Waals surface area (Å²) in [5, 5.41) is 12.0. The normalized spacial score (nSPS) is 12.7. The van der Waals surface area contributed by atoms with Crippen molar-refractivity contribution in [1.29, 1.82) is 0 Å². The van der Waals surface area contributed by atoms with E-state index in [0.29, 0.717) is 9.90 Å². The minimum atomic E-state index is -0.945. The van der Waals surface area contributed by atoms with Gasteiger partial charge in [0.05, 0.1) is 11.1 Å². The predicted molar refractivity (Wildman–Crippen MR) is 64.4 cm³/mol. The molecule has 0 saturated carbocycles. The number of halogens is 3. The summed E-state index contributed by atoms with van der Waals surface area (Å²) in [4.78, 5) is 0.595. The summed E-state index contributed by atoms with van der Waals surface area (Å²) in [7, 11) is 0. The monoisotopic (exact) mass is 274 g/mol. The summed E-state index contributed by atoms with van der Waals surface area (Å²) in [6.07, 6.45) is -1.05. The van der Waals surface area contributed by atoms with Crippen molar-refractivity contribution in [2.24, 2.45) is 0 Å². The Morgan fingerprint density at radius 3 is 2.47 bits per heavy atom. The van der Waals surface area contributed by atoms with E-state index in [1.165, 1.54) is 29.5 Å². The molecular formula is C12H9ClF2OS. The Morgan fingerprint density at radius 1 is 1.29 bits per heavy atom. The molecule has 90 valence electrons. The van der Waals surface area contributed by atoms with E-state index < -0.39 is 17.7 Å². The first-order valence-electron chi connectivity index (χ1n) is 4.93. The molecule has 0 aliphatic rings. The van der Waals surface area contributed by atoms with Crippen LogP contribution in [0.1, 0.15) is 16.5 Å². The summed E-state index contributed by atoms with van der Waals surface area (Å²) in [5.41, 5.74) is -0.107. The molecule has 0 radical (unpaired) electrons. The molecule has 1 N–H and O–H groups in total. The second-order valence-electron chi connectivity index (χ2n) is 3.59. The van der Waals surface area contributed by atoms with Crippen LogP contribution in [0, 0.1) is 11.6 Å². The fourth-order valence-electron chi connectivity index (χ4n) is 1.52. The molecule has 5 heteroatoms. The number of aliphatic hydroxyl groups excluding tert-OH is 1. The zero-order chi connectivity index (χ0) is 12.4. The molecule has 1 heterocycles. The quantitative estimate of drug-likeness (QED) is 0.898. The second kappa shape index (κ2) is 5.12. The van der Waals surface area contributed by atoms with Gasteiger partial charge >= 0.3 is 0 Å². The predicted octanol–water partition coefficient (Wildman–Crippen LogP) is 3.96. The van der Waals surface area contributed by atoms with Crippen LogP contribution in [0.15, 0.2) is 29.6 Å². The van der Waals surface area contributed by atoms with Crippen molar-refractivity contribution in [3.05, 3.63) is 56.7 Å². The summed E-state index contributed by atoms with van der Waals surface area (Å²) in [6, 6.07) is 5.23. The van der Waals surface area contributed by atoms with Crippen molar-refractivity contribution in [1.82, 2.24) is 0 Å². The van der Waals surface area contributed by atoms with Crippen molar-refractivity contribution < 1.29 is 13.9 Å². The number of thiophene rings is 1. The van der Waals surface area contributed by atoms with Crippen LogP contribution < -0.4 is 0 Å². The number of hydrogen-bond acceptors (Lipinski definition) is 2. The largest absolute Gasteiger partial charge is 0.387 e. The maximum absolute atomic E-state index is 13.4. The fraction of sp³-hybridized carbons (Fsp3) is 0.167. The molecule has 1 aromatic carbocycles. The minimum absolute atomic E-state index is 0.102. The van der Waals surface area contributed by atoms with Gasteiger partial charge in [0.25, 0.3) is 0 Å². The van der Waals surface area contributed by atoms with E-state index in [9.17, 15) is 13.9 Å². The smallest absolute Gasteiger partial charge is 0.129 e. The van der Waals surface area contributed by atoms with Gasteiger partial charge in [-0.15, -0.1) is 11.3 Å². The number of aliphatic hydroxyl groups is 1. The first kappa shape index (κ1) is 12.5. The minimum Gasteiger partial charge on any atom is -0.387 e. The van der Waals surface area contributed by atoms with Crippen LogP contribution in [0.3, 0.4) is 0 Å². The summed E-state index contributed by atoms with van der Waals surface area (Å²) >= 11 is 6.98. The van der Waals surface area contributed by atoms with Crippen LogP contribution in [-0.2, 0) is 6.42 Å². The number of benzene rings is 1. The third-order valence-electron chi connectivity index (χ3n) is 2.38. The van der Waals surface area contributed by atoms with Crippen LogP contribution in [0.25, 0.3) is 0 Å². The van der Waals surface area contributed by atoms with Gasteiger partial charge in [-0.25, -0.2) is 8.78 Å². The molecule has 0 amide bonds. The van der Waals surface area contributed by atoms with Crippen LogP contribution in [-0.4, -0.2) is 5.11 Å². The van der Waals surface area contributed by atoms with Gasteiger partial charge in [-0.2, -0.15) is 0 Å². The lowest BCUT2D eigenvalue weighted by Crippen LogP contribution is -2.04. The molecule has 1 nitrogen and oxygen atoms in total. The highest BCUT2D eigenvalue weighted by molar-refractivity contribution is 7.10. The van der Waals surface area contributed by atoms with E-state index in [4.69, 9.17) is 11.6 Å². The molecule has 1 unspecified atom stereocenters. The summed E-state index contributed by atoms with van der Waals surface area (Å²) in [5.74, 6) is -1.29. The lowest BCUT2D eigenvalue weighted by atomic mass is 10.1. The zero-order valence-corrected chi connectivity index (χ0v) is 10.2. The second-order valence-corrected chi connectivity index (χ2v) is 4.97. The average Bonchev–Trinajstić information content (AvgIpc) is 2.70. The molecule has 0 fully saturated rings. The third kappa shape index (κ3) is 2.83. The Morgan fingerprint density at radius 2 is 1.94 bits per heavy atom. The molecule has 17 heavy (non-hydrogen) atoms.